The van der Waals surface area contributed by atoms with Crippen LogP contribution in [0, 0.1) is 6.07 Å². The molecule has 0 atom stereocenters. The molecule has 2 rings (SSSR count). The quantitative estimate of drug-likeness (QED) is 0.651. The number of hydrogen-bond acceptors (Lipinski definition) is 1. The summed E-state index contributed by atoms with van der Waals surface area (Å²) in [5.41, 5.74) is 8.73. The summed E-state index contributed by atoms with van der Waals surface area (Å²) in [4.78, 5) is 0. The first-order valence-electron chi connectivity index (χ1n) is 4.18. The number of benzene rings is 2. The van der Waals surface area contributed by atoms with Gasteiger partial charge >= 0.3 is 0 Å². The van der Waals surface area contributed by atoms with Crippen molar-refractivity contribution in [1.29, 1.82) is 0 Å². The normalized spacial score (nSPS) is 9.85. The highest BCUT2D eigenvalue weighted by Crippen LogP contribution is 2.19. The minimum Gasteiger partial charge on any atom is -0.399 e. The highest BCUT2D eigenvalue weighted by molar-refractivity contribution is 5.65. The van der Waals surface area contributed by atoms with Gasteiger partial charge in [0.2, 0.25) is 0 Å². The van der Waals surface area contributed by atoms with E-state index >= 15 is 0 Å². The van der Waals surface area contributed by atoms with Crippen LogP contribution in [0.4, 0.5) is 5.69 Å². The van der Waals surface area contributed by atoms with Crippen LogP contribution in [0.1, 0.15) is 0 Å². The van der Waals surface area contributed by atoms with E-state index in [2.05, 4.69) is 12.1 Å². The van der Waals surface area contributed by atoms with Crippen LogP contribution in [-0.4, -0.2) is 0 Å². The number of anilines is 1. The van der Waals surface area contributed by atoms with Gasteiger partial charge in [0, 0.05) is 5.69 Å². The summed E-state index contributed by atoms with van der Waals surface area (Å²) in [5, 5.41) is 0. The molecule has 0 aliphatic carbocycles. The van der Waals surface area contributed by atoms with Gasteiger partial charge in [0.25, 0.3) is 0 Å². The predicted octanol–water partition coefficient (Wildman–Crippen LogP) is 2.74. The van der Waals surface area contributed by atoms with Crippen LogP contribution in [0.5, 0.6) is 0 Å². The lowest BCUT2D eigenvalue weighted by Gasteiger charge is -2.00. The predicted molar refractivity (Wildman–Crippen MR) is 55.1 cm³/mol. The van der Waals surface area contributed by atoms with E-state index in [1.807, 2.05) is 42.5 Å². The Kier molecular flexibility index (Phi) is 2.01. The Morgan fingerprint density at radius 3 is 2.31 bits per heavy atom. The van der Waals surface area contributed by atoms with Crippen molar-refractivity contribution in [3.8, 4) is 11.1 Å². The lowest BCUT2D eigenvalue weighted by atomic mass is 10.1. The summed E-state index contributed by atoms with van der Waals surface area (Å²) in [5.74, 6) is 0. The van der Waals surface area contributed by atoms with Gasteiger partial charge in [-0.15, -0.1) is 0 Å². The van der Waals surface area contributed by atoms with Crippen molar-refractivity contribution < 1.29 is 0 Å². The summed E-state index contributed by atoms with van der Waals surface area (Å²) >= 11 is 0. The van der Waals surface area contributed by atoms with E-state index in [1.54, 1.807) is 0 Å². The van der Waals surface area contributed by atoms with Gasteiger partial charge in [0.1, 0.15) is 0 Å². The van der Waals surface area contributed by atoms with Crippen molar-refractivity contribution in [2.75, 3.05) is 5.73 Å². The van der Waals surface area contributed by atoms with E-state index in [0.717, 1.165) is 5.69 Å². The van der Waals surface area contributed by atoms with Gasteiger partial charge in [-0.05, 0) is 35.4 Å². The second-order valence-corrected chi connectivity index (χ2v) is 2.91. The number of rotatable bonds is 1. The molecular formula is C12H10N. The van der Waals surface area contributed by atoms with Crippen molar-refractivity contribution in [2.45, 2.75) is 0 Å². The SMILES string of the molecule is Nc1ccc(-c2c[c]ccc2)cc1. The van der Waals surface area contributed by atoms with Crippen molar-refractivity contribution in [2.24, 2.45) is 0 Å². The Bertz CT molecular complexity index is 376. The molecule has 1 radical (unpaired) electrons. The largest absolute Gasteiger partial charge is 0.399 e. The van der Waals surface area contributed by atoms with Crippen molar-refractivity contribution in [3.63, 3.8) is 0 Å². The van der Waals surface area contributed by atoms with Crippen molar-refractivity contribution in [3.05, 3.63) is 54.6 Å². The maximum atomic E-state index is 5.60. The lowest BCUT2D eigenvalue weighted by Crippen LogP contribution is -1.83. The van der Waals surface area contributed by atoms with Gasteiger partial charge in [0.15, 0.2) is 0 Å². The van der Waals surface area contributed by atoms with Crippen molar-refractivity contribution >= 4 is 5.69 Å². The molecule has 0 amide bonds. The van der Waals surface area contributed by atoms with Crippen LogP contribution in [0.3, 0.4) is 0 Å². The molecule has 0 aromatic heterocycles. The molecule has 63 valence electrons. The van der Waals surface area contributed by atoms with Crippen molar-refractivity contribution in [1.82, 2.24) is 0 Å². The van der Waals surface area contributed by atoms with Gasteiger partial charge in [-0.2, -0.15) is 0 Å². The van der Waals surface area contributed by atoms with Gasteiger partial charge in [-0.3, -0.25) is 0 Å². The van der Waals surface area contributed by atoms with E-state index in [4.69, 9.17) is 5.73 Å². The average Bonchev–Trinajstić information content (AvgIpc) is 2.20. The minimum absolute atomic E-state index is 0.795. The van der Waals surface area contributed by atoms with E-state index in [-0.39, 0.29) is 0 Å². The molecule has 0 bridgehead atoms. The van der Waals surface area contributed by atoms with Crippen LogP contribution in [0.15, 0.2) is 48.5 Å². The lowest BCUT2D eigenvalue weighted by molar-refractivity contribution is 1.61. The number of nitrogens with two attached hydrogens (primary N) is 1. The fourth-order valence-electron chi connectivity index (χ4n) is 1.25. The van der Waals surface area contributed by atoms with Gasteiger partial charge in [-0.1, -0.05) is 30.3 Å². The van der Waals surface area contributed by atoms with Gasteiger partial charge in [-0.25, -0.2) is 0 Å². The Hall–Kier alpha value is -1.76. The van der Waals surface area contributed by atoms with E-state index in [1.165, 1.54) is 11.1 Å². The Morgan fingerprint density at radius 2 is 1.69 bits per heavy atom. The molecule has 0 heterocycles. The number of hydrogen-bond donors (Lipinski definition) is 1. The molecule has 0 fully saturated rings. The van der Waals surface area contributed by atoms with Crippen LogP contribution in [0.2, 0.25) is 0 Å². The molecular weight excluding hydrogens is 158 g/mol. The second-order valence-electron chi connectivity index (χ2n) is 2.91. The summed E-state index contributed by atoms with van der Waals surface area (Å²) in [7, 11) is 0. The zero-order valence-corrected chi connectivity index (χ0v) is 7.20. The van der Waals surface area contributed by atoms with E-state index < -0.39 is 0 Å². The van der Waals surface area contributed by atoms with Crippen LogP contribution >= 0.6 is 0 Å². The fraction of sp³-hybridized carbons (Fsp3) is 0. The second kappa shape index (κ2) is 3.31. The van der Waals surface area contributed by atoms with Gasteiger partial charge < -0.3 is 5.73 Å². The molecule has 1 heteroatoms. The Morgan fingerprint density at radius 1 is 0.923 bits per heavy atom. The zero-order chi connectivity index (χ0) is 9.10. The van der Waals surface area contributed by atoms with E-state index in [0.29, 0.717) is 0 Å². The first-order chi connectivity index (χ1) is 6.36. The molecule has 1 nitrogen and oxygen atoms in total. The molecule has 2 N–H and O–H groups in total. The van der Waals surface area contributed by atoms with E-state index in [9.17, 15) is 0 Å². The molecule has 0 saturated carbocycles. The number of nitrogen functional groups attached to an aromatic ring is 1. The molecule has 0 aliphatic heterocycles. The van der Waals surface area contributed by atoms with Crippen LogP contribution in [0.25, 0.3) is 11.1 Å². The monoisotopic (exact) mass is 168 g/mol. The molecule has 0 spiro atoms. The summed E-state index contributed by atoms with van der Waals surface area (Å²) in [6, 6.07) is 18.8. The standard InChI is InChI=1S/C12H10N/c13-12-8-6-11(7-9-12)10-4-2-1-3-5-10/h1-2,4-9H,13H2. The fourth-order valence-corrected chi connectivity index (χ4v) is 1.25. The highest BCUT2D eigenvalue weighted by atomic mass is 14.5. The first kappa shape index (κ1) is 7.87. The average molecular weight is 168 g/mol. The van der Waals surface area contributed by atoms with Gasteiger partial charge in [0.05, 0.1) is 0 Å². The Labute approximate surface area is 77.8 Å². The molecule has 2 aromatic rings. The van der Waals surface area contributed by atoms with Crippen LogP contribution < -0.4 is 5.73 Å². The maximum absolute atomic E-state index is 5.60. The molecule has 0 unspecified atom stereocenters. The minimum atomic E-state index is 0.795. The molecule has 0 aliphatic rings. The summed E-state index contributed by atoms with van der Waals surface area (Å²) in [6.45, 7) is 0. The third-order valence-corrected chi connectivity index (χ3v) is 1.95. The summed E-state index contributed by atoms with van der Waals surface area (Å²) in [6.07, 6.45) is 0. The first-order valence-corrected chi connectivity index (χ1v) is 4.18. The topological polar surface area (TPSA) is 26.0 Å². The summed E-state index contributed by atoms with van der Waals surface area (Å²) < 4.78 is 0. The molecule has 2 aromatic carbocycles. The third-order valence-electron chi connectivity index (χ3n) is 1.95. The van der Waals surface area contributed by atoms with Crippen LogP contribution in [-0.2, 0) is 0 Å². The maximum Gasteiger partial charge on any atom is 0.0314 e. The zero-order valence-electron chi connectivity index (χ0n) is 7.20. The third kappa shape index (κ3) is 1.70. The Balaban J connectivity index is 2.42. The molecule has 0 saturated heterocycles. The highest BCUT2D eigenvalue weighted by Gasteiger charge is 1.94. The smallest absolute Gasteiger partial charge is 0.0314 e. The molecule has 13 heavy (non-hydrogen) atoms.